The second kappa shape index (κ2) is 13.1. The van der Waals surface area contributed by atoms with Crippen molar-refractivity contribution in [2.45, 2.75) is 0 Å². The van der Waals surface area contributed by atoms with E-state index in [2.05, 4.69) is 15.8 Å². The summed E-state index contributed by atoms with van der Waals surface area (Å²) in [4.78, 5) is 37.6. The van der Waals surface area contributed by atoms with Crippen LogP contribution in [0.15, 0.2) is 90.0 Å². The number of hydrazone groups is 1. The Morgan fingerprint density at radius 1 is 0.775 bits per heavy atom. The van der Waals surface area contributed by atoms with E-state index in [1.807, 2.05) is 0 Å². The zero-order chi connectivity index (χ0) is 28.6. The van der Waals surface area contributed by atoms with E-state index in [0.29, 0.717) is 26.9 Å². The predicted octanol–water partition coefficient (Wildman–Crippen LogP) is 6.89. The number of nitrogens with one attached hydrogen (secondary N) is 2. The Morgan fingerprint density at radius 3 is 2.25 bits per heavy atom. The van der Waals surface area contributed by atoms with Crippen molar-refractivity contribution < 1.29 is 23.9 Å². The van der Waals surface area contributed by atoms with Gasteiger partial charge in [-0.05, 0) is 84.4 Å². The van der Waals surface area contributed by atoms with Crippen molar-refractivity contribution in [3.63, 3.8) is 0 Å². The number of hydrogen-bond donors (Lipinski definition) is 2. The molecule has 4 rings (SSSR count). The summed E-state index contributed by atoms with van der Waals surface area (Å²) in [6, 6.07) is 22.0. The Bertz CT molecular complexity index is 1610. The molecule has 0 saturated heterocycles. The number of hydrogen-bond acceptors (Lipinski definition) is 6. The number of methoxy groups -OCH3 is 1. The standard InChI is InChI=1S/C29H20Cl3N3O5/c1-39-26-13-17(5-12-25(26)40-29(38)23-11-10-21(31)15-24(23)32)16-33-35-28(37)19-3-2-4-22(14-19)34-27(36)18-6-8-20(30)9-7-18/h2-16H,1H3,(H,34,36)(H,35,37). The van der Waals surface area contributed by atoms with Gasteiger partial charge in [-0.25, -0.2) is 10.2 Å². The first-order valence-electron chi connectivity index (χ1n) is 11.6. The minimum Gasteiger partial charge on any atom is -0.493 e. The highest BCUT2D eigenvalue weighted by Crippen LogP contribution is 2.30. The Morgan fingerprint density at radius 2 is 1.52 bits per heavy atom. The molecule has 4 aromatic rings. The lowest BCUT2D eigenvalue weighted by atomic mass is 10.1. The van der Waals surface area contributed by atoms with Crippen LogP contribution in [0.1, 0.15) is 36.6 Å². The van der Waals surface area contributed by atoms with Crippen molar-refractivity contribution >= 4 is 64.5 Å². The number of nitrogens with zero attached hydrogens (tertiary/aromatic N) is 1. The predicted molar refractivity (Wildman–Crippen MR) is 155 cm³/mol. The molecule has 0 saturated carbocycles. The van der Waals surface area contributed by atoms with Crippen molar-refractivity contribution in [3.8, 4) is 11.5 Å². The van der Waals surface area contributed by atoms with Gasteiger partial charge in [0, 0.05) is 26.9 Å². The van der Waals surface area contributed by atoms with Crippen LogP contribution >= 0.6 is 34.8 Å². The smallest absolute Gasteiger partial charge is 0.345 e. The van der Waals surface area contributed by atoms with Gasteiger partial charge in [0.2, 0.25) is 0 Å². The first-order chi connectivity index (χ1) is 19.2. The fourth-order valence-electron chi connectivity index (χ4n) is 3.43. The second-order valence-electron chi connectivity index (χ2n) is 8.16. The van der Waals surface area contributed by atoms with E-state index in [1.54, 1.807) is 54.6 Å². The molecule has 0 aromatic heterocycles. The SMILES string of the molecule is COc1cc(C=NNC(=O)c2cccc(NC(=O)c3ccc(Cl)cc3)c2)ccc1OC(=O)c1ccc(Cl)cc1Cl. The molecule has 0 unspecified atom stereocenters. The van der Waals surface area contributed by atoms with Crippen molar-refractivity contribution in [1.29, 1.82) is 0 Å². The molecule has 11 heteroatoms. The monoisotopic (exact) mass is 595 g/mol. The lowest BCUT2D eigenvalue weighted by Crippen LogP contribution is -2.18. The third kappa shape index (κ3) is 7.39. The zero-order valence-electron chi connectivity index (χ0n) is 20.8. The third-order valence-corrected chi connectivity index (χ3v) is 6.21. The van der Waals surface area contributed by atoms with Crippen molar-refractivity contribution in [2.75, 3.05) is 12.4 Å². The summed E-state index contributed by atoms with van der Waals surface area (Å²) in [5, 5.41) is 7.79. The maximum absolute atomic E-state index is 12.6. The van der Waals surface area contributed by atoms with Crippen LogP contribution in [0.3, 0.4) is 0 Å². The number of ether oxygens (including phenoxy) is 2. The second-order valence-corrected chi connectivity index (χ2v) is 9.45. The van der Waals surface area contributed by atoms with Crippen LogP contribution in [0.5, 0.6) is 11.5 Å². The van der Waals surface area contributed by atoms with Gasteiger partial charge in [0.05, 0.1) is 23.9 Å². The maximum Gasteiger partial charge on any atom is 0.345 e. The number of halogens is 3. The van der Waals surface area contributed by atoms with Gasteiger partial charge in [0.25, 0.3) is 11.8 Å². The molecular weight excluding hydrogens is 577 g/mol. The number of esters is 1. The van der Waals surface area contributed by atoms with Crippen LogP contribution in [0.25, 0.3) is 0 Å². The number of carbonyl (C=O) groups is 3. The number of benzene rings is 4. The Balaban J connectivity index is 1.38. The van der Waals surface area contributed by atoms with E-state index in [-0.39, 0.29) is 33.6 Å². The summed E-state index contributed by atoms with van der Waals surface area (Å²) in [6.07, 6.45) is 1.40. The minimum absolute atomic E-state index is 0.148. The summed E-state index contributed by atoms with van der Waals surface area (Å²) in [5.41, 5.74) is 4.29. The molecule has 0 spiro atoms. The molecule has 8 nitrogen and oxygen atoms in total. The Kier molecular flexibility index (Phi) is 9.39. The van der Waals surface area contributed by atoms with Crippen LogP contribution in [-0.4, -0.2) is 31.1 Å². The van der Waals surface area contributed by atoms with E-state index in [1.165, 1.54) is 43.7 Å². The molecule has 202 valence electrons. The molecule has 0 aliphatic heterocycles. The van der Waals surface area contributed by atoms with Crippen molar-refractivity contribution in [1.82, 2.24) is 5.43 Å². The average molecular weight is 597 g/mol. The molecule has 0 fully saturated rings. The van der Waals surface area contributed by atoms with Crippen molar-refractivity contribution in [2.24, 2.45) is 5.10 Å². The summed E-state index contributed by atoms with van der Waals surface area (Å²) >= 11 is 17.8. The fraction of sp³-hybridized carbons (Fsp3) is 0.0345. The van der Waals surface area contributed by atoms with Crippen molar-refractivity contribution in [3.05, 3.63) is 122 Å². The van der Waals surface area contributed by atoms with Crippen LogP contribution < -0.4 is 20.2 Å². The maximum atomic E-state index is 12.6. The van der Waals surface area contributed by atoms with Gasteiger partial charge < -0.3 is 14.8 Å². The van der Waals surface area contributed by atoms with E-state index in [9.17, 15) is 14.4 Å². The third-order valence-electron chi connectivity index (χ3n) is 5.41. The van der Waals surface area contributed by atoms with Gasteiger partial charge in [0.15, 0.2) is 11.5 Å². The molecule has 2 N–H and O–H groups in total. The van der Waals surface area contributed by atoms with Gasteiger partial charge in [0.1, 0.15) is 0 Å². The first kappa shape index (κ1) is 28.6. The number of amides is 2. The molecule has 0 heterocycles. The lowest BCUT2D eigenvalue weighted by molar-refractivity contribution is 0.0729. The summed E-state index contributed by atoms with van der Waals surface area (Å²) in [7, 11) is 1.42. The molecule has 2 amide bonds. The van der Waals surface area contributed by atoms with Gasteiger partial charge in [-0.3, -0.25) is 9.59 Å². The van der Waals surface area contributed by atoms with Gasteiger partial charge in [-0.2, -0.15) is 5.10 Å². The lowest BCUT2D eigenvalue weighted by Gasteiger charge is -2.10. The van der Waals surface area contributed by atoms with Gasteiger partial charge >= 0.3 is 5.97 Å². The molecule has 0 aliphatic rings. The van der Waals surface area contributed by atoms with E-state index < -0.39 is 11.9 Å². The van der Waals surface area contributed by atoms with Gasteiger partial charge in [-0.1, -0.05) is 40.9 Å². The van der Waals surface area contributed by atoms with Crippen LogP contribution in [-0.2, 0) is 0 Å². The van der Waals surface area contributed by atoms with Crippen LogP contribution in [0.2, 0.25) is 15.1 Å². The van der Waals surface area contributed by atoms with Crippen LogP contribution in [0.4, 0.5) is 5.69 Å². The molecule has 4 aromatic carbocycles. The molecule has 0 bridgehead atoms. The summed E-state index contributed by atoms with van der Waals surface area (Å²) in [5.74, 6) is -1.09. The van der Waals surface area contributed by atoms with Gasteiger partial charge in [-0.15, -0.1) is 0 Å². The first-order valence-corrected chi connectivity index (χ1v) is 12.7. The average Bonchev–Trinajstić information content (AvgIpc) is 2.94. The number of anilines is 1. The number of carbonyl (C=O) groups excluding carboxylic acids is 3. The quantitative estimate of drug-likeness (QED) is 0.0997. The fourth-order valence-corrected chi connectivity index (χ4v) is 4.04. The van der Waals surface area contributed by atoms with E-state index >= 15 is 0 Å². The topological polar surface area (TPSA) is 106 Å². The Hall–Kier alpha value is -4.37. The van der Waals surface area contributed by atoms with E-state index in [0.717, 1.165) is 0 Å². The number of rotatable bonds is 8. The largest absolute Gasteiger partial charge is 0.493 e. The van der Waals surface area contributed by atoms with E-state index in [4.69, 9.17) is 44.3 Å². The summed E-state index contributed by atoms with van der Waals surface area (Å²) in [6.45, 7) is 0. The highest BCUT2D eigenvalue weighted by molar-refractivity contribution is 6.36. The highest BCUT2D eigenvalue weighted by atomic mass is 35.5. The molecule has 0 atom stereocenters. The molecule has 0 aliphatic carbocycles. The minimum atomic E-state index is -0.680. The van der Waals surface area contributed by atoms with Crippen LogP contribution in [0, 0.1) is 0 Å². The molecule has 0 radical (unpaired) electrons. The molecular formula is C29H20Cl3N3O5. The Labute approximate surface area is 244 Å². The zero-order valence-corrected chi connectivity index (χ0v) is 23.1. The summed E-state index contributed by atoms with van der Waals surface area (Å²) < 4.78 is 10.8. The normalized spacial score (nSPS) is 10.7. The molecule has 40 heavy (non-hydrogen) atoms. The highest BCUT2D eigenvalue weighted by Gasteiger charge is 2.16.